The molecule has 2 aromatic carbocycles. The lowest BCUT2D eigenvalue weighted by atomic mass is 9.84. The van der Waals surface area contributed by atoms with E-state index in [1.165, 1.54) is 0 Å². The van der Waals surface area contributed by atoms with E-state index in [0.717, 1.165) is 31.5 Å². The third-order valence-corrected chi connectivity index (χ3v) is 4.30. The minimum Gasteiger partial charge on any atom is -0.497 e. The summed E-state index contributed by atoms with van der Waals surface area (Å²) in [5, 5.41) is 3.33. The summed E-state index contributed by atoms with van der Waals surface area (Å²) in [6, 6.07) is 17.1. The van der Waals surface area contributed by atoms with Crippen LogP contribution in [0.3, 0.4) is 0 Å². The zero-order chi connectivity index (χ0) is 16.1. The quantitative estimate of drug-likeness (QED) is 0.881. The van der Waals surface area contributed by atoms with E-state index in [2.05, 4.69) is 5.32 Å². The molecule has 0 spiro atoms. The predicted octanol–water partition coefficient (Wildman–Crippen LogP) is 3.13. The van der Waals surface area contributed by atoms with E-state index in [1.807, 2.05) is 36.4 Å². The van der Waals surface area contributed by atoms with E-state index in [1.54, 1.807) is 25.3 Å². The van der Waals surface area contributed by atoms with Crippen LogP contribution >= 0.6 is 0 Å². The molecule has 0 unspecified atom stereocenters. The van der Waals surface area contributed by atoms with Crippen molar-refractivity contribution in [2.75, 3.05) is 20.2 Å². The van der Waals surface area contributed by atoms with Crippen LogP contribution in [0.5, 0.6) is 5.75 Å². The molecule has 0 aromatic heterocycles. The summed E-state index contributed by atoms with van der Waals surface area (Å²) >= 11 is 0. The van der Waals surface area contributed by atoms with Crippen molar-refractivity contribution >= 4 is 5.97 Å². The van der Waals surface area contributed by atoms with Crippen LogP contribution in [0.25, 0.3) is 0 Å². The normalized spacial score (nSPS) is 16.6. The third-order valence-electron chi connectivity index (χ3n) is 4.30. The fraction of sp³-hybridized carbons (Fsp3) is 0.316. The van der Waals surface area contributed by atoms with Gasteiger partial charge in [-0.05, 0) is 36.9 Å². The van der Waals surface area contributed by atoms with Crippen molar-refractivity contribution in [1.29, 1.82) is 0 Å². The van der Waals surface area contributed by atoms with Gasteiger partial charge < -0.3 is 14.8 Å². The van der Waals surface area contributed by atoms with E-state index < -0.39 is 5.60 Å². The molecule has 23 heavy (non-hydrogen) atoms. The Labute approximate surface area is 136 Å². The lowest BCUT2D eigenvalue weighted by Gasteiger charge is -2.37. The van der Waals surface area contributed by atoms with Crippen molar-refractivity contribution in [1.82, 2.24) is 5.32 Å². The number of esters is 1. The van der Waals surface area contributed by atoms with Crippen molar-refractivity contribution in [2.45, 2.75) is 18.4 Å². The van der Waals surface area contributed by atoms with Gasteiger partial charge in [0.25, 0.3) is 0 Å². The van der Waals surface area contributed by atoms with Gasteiger partial charge in [-0.3, -0.25) is 0 Å². The highest BCUT2D eigenvalue weighted by Gasteiger charge is 2.38. The van der Waals surface area contributed by atoms with Crippen LogP contribution in [0.15, 0.2) is 54.6 Å². The lowest BCUT2D eigenvalue weighted by molar-refractivity contribution is -0.0378. The Morgan fingerprint density at radius 3 is 2.48 bits per heavy atom. The molecule has 0 bridgehead atoms. The van der Waals surface area contributed by atoms with Gasteiger partial charge in [0.2, 0.25) is 0 Å². The first-order chi connectivity index (χ1) is 11.2. The number of carbonyl (C=O) groups excluding carboxylic acids is 1. The Balaban J connectivity index is 1.88. The minimum atomic E-state index is -0.563. The largest absolute Gasteiger partial charge is 0.497 e. The van der Waals surface area contributed by atoms with E-state index in [9.17, 15) is 4.79 Å². The highest BCUT2D eigenvalue weighted by molar-refractivity contribution is 5.90. The summed E-state index contributed by atoms with van der Waals surface area (Å²) in [5.74, 6) is 0.341. The van der Waals surface area contributed by atoms with Gasteiger partial charge in [-0.15, -0.1) is 0 Å². The Hall–Kier alpha value is -2.33. The number of ether oxygens (including phenoxy) is 2. The first kappa shape index (κ1) is 15.6. The van der Waals surface area contributed by atoms with Crippen LogP contribution in [0.2, 0.25) is 0 Å². The van der Waals surface area contributed by atoms with E-state index in [-0.39, 0.29) is 5.97 Å². The average molecular weight is 311 g/mol. The first-order valence-corrected chi connectivity index (χ1v) is 7.87. The second-order valence-electron chi connectivity index (χ2n) is 5.73. The molecular formula is C19H21NO3. The first-order valence-electron chi connectivity index (χ1n) is 7.87. The summed E-state index contributed by atoms with van der Waals surface area (Å²) in [5.41, 5.74) is 1.00. The Morgan fingerprint density at radius 2 is 1.78 bits per heavy atom. The standard InChI is InChI=1S/C19H21NO3/c1-22-17-9-5-6-15(14-17)18(21)23-19(10-12-20-13-11-19)16-7-3-2-4-8-16/h2-9,14,20H,10-13H2,1H3. The smallest absolute Gasteiger partial charge is 0.339 e. The van der Waals surface area contributed by atoms with E-state index >= 15 is 0 Å². The molecule has 1 fully saturated rings. The SMILES string of the molecule is COc1cccc(C(=O)OC2(c3ccccc3)CCNCC2)c1. The second kappa shape index (κ2) is 6.84. The molecule has 1 heterocycles. The maximum absolute atomic E-state index is 12.7. The van der Waals surface area contributed by atoms with Gasteiger partial charge in [-0.1, -0.05) is 36.4 Å². The maximum atomic E-state index is 12.7. The minimum absolute atomic E-state index is 0.311. The molecule has 0 amide bonds. The number of rotatable bonds is 4. The molecule has 0 saturated carbocycles. The molecule has 2 aromatic rings. The monoisotopic (exact) mass is 311 g/mol. The van der Waals surface area contributed by atoms with Gasteiger partial charge in [0.05, 0.1) is 12.7 Å². The van der Waals surface area contributed by atoms with Crippen LogP contribution in [0.1, 0.15) is 28.8 Å². The van der Waals surface area contributed by atoms with Gasteiger partial charge in [0.15, 0.2) is 0 Å². The number of methoxy groups -OCH3 is 1. The molecule has 1 aliphatic heterocycles. The molecule has 0 aliphatic carbocycles. The highest BCUT2D eigenvalue weighted by atomic mass is 16.6. The summed E-state index contributed by atoms with van der Waals surface area (Å²) in [6.07, 6.45) is 1.54. The van der Waals surface area contributed by atoms with Gasteiger partial charge >= 0.3 is 5.97 Å². The number of hydrogen-bond donors (Lipinski definition) is 1. The lowest BCUT2D eigenvalue weighted by Crippen LogP contribution is -2.43. The summed E-state index contributed by atoms with van der Waals surface area (Å²) < 4.78 is 11.2. The average Bonchev–Trinajstić information content (AvgIpc) is 2.63. The zero-order valence-corrected chi connectivity index (χ0v) is 13.2. The molecule has 1 aliphatic rings. The molecule has 1 N–H and O–H groups in total. The van der Waals surface area contributed by atoms with Crippen LogP contribution in [0.4, 0.5) is 0 Å². The fourth-order valence-electron chi connectivity index (χ4n) is 3.01. The molecule has 0 atom stereocenters. The zero-order valence-electron chi connectivity index (χ0n) is 13.2. The van der Waals surface area contributed by atoms with Crippen molar-refractivity contribution < 1.29 is 14.3 Å². The summed E-state index contributed by atoms with van der Waals surface area (Å²) in [6.45, 7) is 1.67. The van der Waals surface area contributed by atoms with Gasteiger partial charge in [0, 0.05) is 12.8 Å². The number of benzene rings is 2. The van der Waals surface area contributed by atoms with Crippen LogP contribution in [-0.2, 0) is 10.3 Å². The summed E-state index contributed by atoms with van der Waals surface area (Å²) in [7, 11) is 1.59. The van der Waals surface area contributed by atoms with Crippen molar-refractivity contribution in [3.05, 3.63) is 65.7 Å². The molecule has 4 nitrogen and oxygen atoms in total. The Bertz CT molecular complexity index is 663. The molecule has 0 radical (unpaired) electrons. The predicted molar refractivity (Wildman–Crippen MR) is 88.6 cm³/mol. The maximum Gasteiger partial charge on any atom is 0.339 e. The topological polar surface area (TPSA) is 47.6 Å². The van der Waals surface area contributed by atoms with Crippen LogP contribution in [0, 0.1) is 0 Å². The Morgan fingerprint density at radius 1 is 1.04 bits per heavy atom. The second-order valence-corrected chi connectivity index (χ2v) is 5.73. The molecule has 1 saturated heterocycles. The van der Waals surface area contributed by atoms with Crippen molar-refractivity contribution in [2.24, 2.45) is 0 Å². The van der Waals surface area contributed by atoms with Gasteiger partial charge in [-0.2, -0.15) is 0 Å². The van der Waals surface area contributed by atoms with E-state index in [4.69, 9.17) is 9.47 Å². The van der Waals surface area contributed by atoms with E-state index in [0.29, 0.717) is 11.3 Å². The highest BCUT2D eigenvalue weighted by Crippen LogP contribution is 2.35. The molecule has 120 valence electrons. The number of carbonyl (C=O) groups is 1. The number of piperidine rings is 1. The molecular weight excluding hydrogens is 290 g/mol. The van der Waals surface area contributed by atoms with Crippen molar-refractivity contribution in [3.8, 4) is 5.75 Å². The Kier molecular flexibility index (Phi) is 4.63. The molecule has 4 heteroatoms. The van der Waals surface area contributed by atoms with Crippen LogP contribution in [-0.4, -0.2) is 26.2 Å². The molecule has 3 rings (SSSR count). The van der Waals surface area contributed by atoms with Crippen LogP contribution < -0.4 is 10.1 Å². The summed E-state index contributed by atoms with van der Waals surface area (Å²) in [4.78, 5) is 12.7. The number of hydrogen-bond acceptors (Lipinski definition) is 4. The fourth-order valence-corrected chi connectivity index (χ4v) is 3.01. The van der Waals surface area contributed by atoms with Gasteiger partial charge in [-0.25, -0.2) is 4.79 Å². The number of nitrogens with one attached hydrogen (secondary N) is 1. The third kappa shape index (κ3) is 3.37. The van der Waals surface area contributed by atoms with Gasteiger partial charge in [0.1, 0.15) is 11.4 Å². The van der Waals surface area contributed by atoms with Crippen molar-refractivity contribution in [3.63, 3.8) is 0 Å².